The number of carbonyl (C=O) groups excluding carboxylic acids is 2. The third-order valence-corrected chi connectivity index (χ3v) is 2.26. The van der Waals surface area contributed by atoms with E-state index in [4.69, 9.17) is 4.74 Å². The minimum atomic E-state index is -4.55. The summed E-state index contributed by atoms with van der Waals surface area (Å²) in [6.45, 7) is -2.42. The van der Waals surface area contributed by atoms with Crippen LogP contribution in [0.1, 0.15) is 10.4 Å². The van der Waals surface area contributed by atoms with Crippen LogP contribution in [0.15, 0.2) is 18.2 Å². The van der Waals surface area contributed by atoms with Crippen molar-refractivity contribution in [1.29, 1.82) is 0 Å². The number of para-hydroxylation sites is 1. The normalized spacial score (nSPS) is 10.9. The average Bonchev–Trinajstić information content (AvgIpc) is 2.42. The molecule has 0 aliphatic rings. The summed E-state index contributed by atoms with van der Waals surface area (Å²) in [7, 11) is 1.27. The van der Waals surface area contributed by atoms with E-state index in [0.29, 0.717) is 0 Å². The second-order valence-electron chi connectivity index (χ2n) is 3.82. The SMILES string of the molecule is COc1cccc(C(=O)OCC(=O)NCC(F)(F)F)c1O. The van der Waals surface area contributed by atoms with Crippen LogP contribution in [-0.4, -0.2) is 43.4 Å². The number of phenols is 1. The van der Waals surface area contributed by atoms with Gasteiger partial charge in [0.05, 0.1) is 7.11 Å². The Balaban J connectivity index is 2.57. The molecular weight excluding hydrogens is 295 g/mol. The molecule has 6 nitrogen and oxygen atoms in total. The molecule has 0 fully saturated rings. The van der Waals surface area contributed by atoms with Crippen molar-refractivity contribution >= 4 is 11.9 Å². The Morgan fingerprint density at radius 1 is 1.33 bits per heavy atom. The van der Waals surface area contributed by atoms with Crippen LogP contribution < -0.4 is 10.1 Å². The van der Waals surface area contributed by atoms with Gasteiger partial charge in [0.15, 0.2) is 18.1 Å². The van der Waals surface area contributed by atoms with Crippen LogP contribution in [0.4, 0.5) is 13.2 Å². The lowest BCUT2D eigenvalue weighted by atomic mass is 10.2. The summed E-state index contributed by atoms with van der Waals surface area (Å²) in [5.41, 5.74) is -0.266. The standard InChI is InChI=1S/C12H12F3NO5/c1-20-8-4-2-3-7(10(8)18)11(19)21-5-9(17)16-6-12(13,14)15/h2-4,18H,5-6H2,1H3,(H,16,17). The summed E-state index contributed by atoms with van der Waals surface area (Å²) >= 11 is 0. The van der Waals surface area contributed by atoms with Crippen LogP contribution >= 0.6 is 0 Å². The van der Waals surface area contributed by atoms with Crippen LogP contribution in [0.3, 0.4) is 0 Å². The van der Waals surface area contributed by atoms with E-state index in [1.807, 2.05) is 0 Å². The van der Waals surface area contributed by atoms with Crippen LogP contribution in [0.5, 0.6) is 11.5 Å². The zero-order chi connectivity index (χ0) is 16.0. The van der Waals surface area contributed by atoms with Crippen LogP contribution in [-0.2, 0) is 9.53 Å². The van der Waals surface area contributed by atoms with Gasteiger partial charge in [-0.1, -0.05) is 6.07 Å². The predicted molar refractivity (Wildman–Crippen MR) is 64.0 cm³/mol. The molecule has 1 aromatic rings. The summed E-state index contributed by atoms with van der Waals surface area (Å²) in [6, 6.07) is 4.01. The minimum absolute atomic E-state index is 0.0194. The number of halogens is 3. The molecule has 0 atom stereocenters. The molecule has 0 saturated carbocycles. The maximum Gasteiger partial charge on any atom is 0.405 e. The molecule has 21 heavy (non-hydrogen) atoms. The van der Waals surface area contributed by atoms with E-state index in [9.17, 15) is 27.9 Å². The number of phenolic OH excluding ortho intramolecular Hbond substituents is 1. The molecule has 0 unspecified atom stereocenters. The van der Waals surface area contributed by atoms with E-state index in [2.05, 4.69) is 4.74 Å². The summed E-state index contributed by atoms with van der Waals surface area (Å²) < 4.78 is 44.8. The number of hydrogen-bond donors (Lipinski definition) is 2. The number of rotatable bonds is 5. The number of alkyl halides is 3. The number of aromatic hydroxyl groups is 1. The van der Waals surface area contributed by atoms with Gasteiger partial charge in [0, 0.05) is 0 Å². The molecule has 1 aromatic carbocycles. The highest BCUT2D eigenvalue weighted by Gasteiger charge is 2.28. The highest BCUT2D eigenvalue weighted by atomic mass is 19.4. The molecule has 1 rings (SSSR count). The lowest BCUT2D eigenvalue weighted by Crippen LogP contribution is -2.36. The topological polar surface area (TPSA) is 84.9 Å². The number of nitrogens with one attached hydrogen (secondary N) is 1. The number of methoxy groups -OCH3 is 1. The fourth-order valence-electron chi connectivity index (χ4n) is 1.31. The molecule has 0 aliphatic carbocycles. The molecule has 116 valence electrons. The summed E-state index contributed by atoms with van der Waals surface area (Å²) in [6.07, 6.45) is -4.55. The van der Waals surface area contributed by atoms with Gasteiger partial charge in [0.1, 0.15) is 12.1 Å². The second kappa shape index (κ2) is 6.82. The van der Waals surface area contributed by atoms with E-state index < -0.39 is 37.0 Å². The fraction of sp³-hybridized carbons (Fsp3) is 0.333. The minimum Gasteiger partial charge on any atom is -0.504 e. The lowest BCUT2D eigenvalue weighted by molar-refractivity contribution is -0.140. The van der Waals surface area contributed by atoms with Crippen LogP contribution in [0.2, 0.25) is 0 Å². The molecule has 0 bridgehead atoms. The van der Waals surface area contributed by atoms with Crippen molar-refractivity contribution < 1.29 is 37.3 Å². The van der Waals surface area contributed by atoms with Crippen molar-refractivity contribution in [2.45, 2.75) is 6.18 Å². The van der Waals surface area contributed by atoms with Crippen molar-refractivity contribution in [3.63, 3.8) is 0 Å². The van der Waals surface area contributed by atoms with E-state index in [0.717, 1.165) is 0 Å². The Labute approximate surface area is 117 Å². The van der Waals surface area contributed by atoms with Gasteiger partial charge in [-0.15, -0.1) is 0 Å². The Hall–Kier alpha value is -2.45. The molecule has 0 spiro atoms. The third kappa shape index (κ3) is 5.21. The number of hydrogen-bond acceptors (Lipinski definition) is 5. The number of carbonyl (C=O) groups is 2. The Bertz CT molecular complexity index is 530. The van der Waals surface area contributed by atoms with Crippen molar-refractivity contribution in [3.8, 4) is 11.5 Å². The van der Waals surface area contributed by atoms with Gasteiger partial charge in [-0.2, -0.15) is 13.2 Å². The molecule has 0 radical (unpaired) electrons. The van der Waals surface area contributed by atoms with E-state index >= 15 is 0 Å². The first-order chi connectivity index (χ1) is 9.74. The Kier molecular flexibility index (Phi) is 5.39. The molecule has 2 N–H and O–H groups in total. The highest BCUT2D eigenvalue weighted by molar-refractivity contribution is 5.94. The first kappa shape index (κ1) is 16.6. The zero-order valence-corrected chi connectivity index (χ0v) is 10.9. The maximum absolute atomic E-state index is 11.8. The van der Waals surface area contributed by atoms with Gasteiger partial charge in [0.2, 0.25) is 0 Å². The third-order valence-electron chi connectivity index (χ3n) is 2.26. The van der Waals surface area contributed by atoms with E-state index in [1.165, 1.54) is 30.6 Å². The first-order valence-corrected chi connectivity index (χ1v) is 5.61. The second-order valence-corrected chi connectivity index (χ2v) is 3.82. The first-order valence-electron chi connectivity index (χ1n) is 5.61. The summed E-state index contributed by atoms with van der Waals surface area (Å²) in [5, 5.41) is 11.2. The largest absolute Gasteiger partial charge is 0.504 e. The Morgan fingerprint density at radius 3 is 2.57 bits per heavy atom. The molecule has 0 aromatic heterocycles. The number of benzene rings is 1. The van der Waals surface area contributed by atoms with Gasteiger partial charge in [-0.05, 0) is 12.1 Å². The summed E-state index contributed by atoms with van der Waals surface area (Å²) in [4.78, 5) is 22.7. The molecular formula is C12H12F3NO5. The van der Waals surface area contributed by atoms with Crippen molar-refractivity contribution in [2.24, 2.45) is 0 Å². The van der Waals surface area contributed by atoms with Crippen molar-refractivity contribution in [1.82, 2.24) is 5.32 Å². The van der Waals surface area contributed by atoms with Gasteiger partial charge in [0.25, 0.3) is 5.91 Å². The maximum atomic E-state index is 11.8. The summed E-state index contributed by atoms with van der Waals surface area (Å²) in [5.74, 6) is -2.64. The molecule has 1 amide bonds. The molecule has 0 aliphatic heterocycles. The number of amides is 1. The van der Waals surface area contributed by atoms with Crippen molar-refractivity contribution in [3.05, 3.63) is 23.8 Å². The highest BCUT2D eigenvalue weighted by Crippen LogP contribution is 2.29. The van der Waals surface area contributed by atoms with Crippen LogP contribution in [0.25, 0.3) is 0 Å². The molecule has 0 saturated heterocycles. The fourth-order valence-corrected chi connectivity index (χ4v) is 1.31. The van der Waals surface area contributed by atoms with Gasteiger partial charge < -0.3 is 19.9 Å². The Morgan fingerprint density at radius 2 is 2.00 bits per heavy atom. The van der Waals surface area contributed by atoms with Gasteiger partial charge >= 0.3 is 12.1 Å². The molecule has 9 heteroatoms. The molecule has 0 heterocycles. The number of ether oxygens (including phenoxy) is 2. The monoisotopic (exact) mass is 307 g/mol. The quantitative estimate of drug-likeness (QED) is 0.799. The predicted octanol–water partition coefficient (Wildman–Crippen LogP) is 1.24. The van der Waals surface area contributed by atoms with E-state index in [1.54, 1.807) is 0 Å². The zero-order valence-electron chi connectivity index (χ0n) is 10.9. The number of esters is 1. The van der Waals surface area contributed by atoms with Crippen molar-refractivity contribution in [2.75, 3.05) is 20.3 Å². The van der Waals surface area contributed by atoms with Gasteiger partial charge in [-0.3, -0.25) is 4.79 Å². The smallest absolute Gasteiger partial charge is 0.405 e. The average molecular weight is 307 g/mol. The van der Waals surface area contributed by atoms with Gasteiger partial charge in [-0.25, -0.2) is 4.79 Å². The van der Waals surface area contributed by atoms with Crippen LogP contribution in [0, 0.1) is 0 Å². The van der Waals surface area contributed by atoms with E-state index in [-0.39, 0.29) is 11.3 Å². The lowest BCUT2D eigenvalue weighted by Gasteiger charge is -2.10.